The maximum Gasteiger partial charge on any atom is 0.326 e. The van der Waals surface area contributed by atoms with Crippen LogP contribution in [0, 0.1) is 0 Å². The number of rotatable bonds is 4. The number of benzene rings is 2. The number of nitrogens with zero attached hydrogens (tertiary/aromatic N) is 2. The van der Waals surface area contributed by atoms with Crippen molar-refractivity contribution in [2.75, 3.05) is 26.7 Å². The predicted octanol–water partition coefficient (Wildman–Crippen LogP) is 1.51. The van der Waals surface area contributed by atoms with Crippen molar-refractivity contribution in [1.29, 1.82) is 0 Å². The topological polar surface area (TPSA) is 79.4 Å². The number of methoxy groups -OCH3 is 1. The Balaban J connectivity index is 1.65. The summed E-state index contributed by atoms with van der Waals surface area (Å²) >= 11 is 0. The second-order valence-electron chi connectivity index (χ2n) is 6.58. The normalized spacial score (nSPS) is 17.2. The minimum atomic E-state index is -0.270. The van der Waals surface area contributed by atoms with Gasteiger partial charge >= 0.3 is 5.69 Å². The standard InChI is InChI=1S/C20H22N4O3/c1-27-18-9-5-2-6-14(18)17-12-21-10-11-23(17)19(25)13-24-16-8-4-3-7-15(16)22-20(24)26/h2-9,17,21H,10-13H2,1H3,(H,22,26). The summed E-state index contributed by atoms with van der Waals surface area (Å²) in [5.74, 6) is 0.674. The van der Waals surface area contributed by atoms with Crippen molar-refractivity contribution in [2.24, 2.45) is 0 Å². The van der Waals surface area contributed by atoms with Gasteiger partial charge in [-0.15, -0.1) is 0 Å². The molecule has 0 bridgehead atoms. The molecule has 7 nitrogen and oxygen atoms in total. The zero-order chi connectivity index (χ0) is 18.8. The molecule has 1 atom stereocenters. The van der Waals surface area contributed by atoms with E-state index < -0.39 is 0 Å². The maximum atomic E-state index is 13.1. The van der Waals surface area contributed by atoms with Crippen molar-refractivity contribution in [3.63, 3.8) is 0 Å². The number of amides is 1. The van der Waals surface area contributed by atoms with Crippen LogP contribution in [-0.4, -0.2) is 47.1 Å². The molecule has 1 aliphatic heterocycles. The van der Waals surface area contributed by atoms with Gasteiger partial charge in [0.25, 0.3) is 0 Å². The molecule has 1 saturated heterocycles. The molecule has 1 fully saturated rings. The van der Waals surface area contributed by atoms with E-state index in [9.17, 15) is 9.59 Å². The molecule has 1 aliphatic rings. The summed E-state index contributed by atoms with van der Waals surface area (Å²) in [5, 5.41) is 3.35. The van der Waals surface area contributed by atoms with Crippen molar-refractivity contribution in [3.05, 3.63) is 64.6 Å². The Bertz CT molecular complexity index is 1020. The summed E-state index contributed by atoms with van der Waals surface area (Å²) in [7, 11) is 1.63. The third-order valence-corrected chi connectivity index (χ3v) is 5.04. The van der Waals surface area contributed by atoms with E-state index in [4.69, 9.17) is 4.74 Å². The van der Waals surface area contributed by atoms with Crippen molar-refractivity contribution in [2.45, 2.75) is 12.6 Å². The number of hydrogen-bond acceptors (Lipinski definition) is 4. The van der Waals surface area contributed by atoms with Crippen LogP contribution >= 0.6 is 0 Å². The lowest BCUT2D eigenvalue weighted by atomic mass is 10.0. The van der Waals surface area contributed by atoms with E-state index in [1.807, 2.05) is 53.4 Å². The summed E-state index contributed by atoms with van der Waals surface area (Å²) in [6.45, 7) is 1.96. The van der Waals surface area contributed by atoms with Gasteiger partial charge in [0.2, 0.25) is 5.91 Å². The summed E-state index contributed by atoms with van der Waals surface area (Å²) in [6.07, 6.45) is 0. The van der Waals surface area contributed by atoms with Crippen molar-refractivity contribution in [3.8, 4) is 5.75 Å². The van der Waals surface area contributed by atoms with Crippen LogP contribution in [0.4, 0.5) is 0 Å². The largest absolute Gasteiger partial charge is 0.496 e. The highest BCUT2D eigenvalue weighted by Crippen LogP contribution is 2.30. The number of ether oxygens (including phenoxy) is 1. The first kappa shape index (κ1) is 17.4. The van der Waals surface area contributed by atoms with Crippen molar-refractivity contribution < 1.29 is 9.53 Å². The Morgan fingerprint density at radius 3 is 2.81 bits per heavy atom. The van der Waals surface area contributed by atoms with E-state index >= 15 is 0 Å². The van der Waals surface area contributed by atoms with E-state index in [1.54, 1.807) is 7.11 Å². The number of aromatic amines is 1. The van der Waals surface area contributed by atoms with E-state index in [0.29, 0.717) is 13.1 Å². The van der Waals surface area contributed by atoms with Gasteiger partial charge < -0.3 is 19.9 Å². The van der Waals surface area contributed by atoms with Crippen LogP contribution < -0.4 is 15.7 Å². The van der Waals surface area contributed by atoms with Crippen LogP contribution in [0.1, 0.15) is 11.6 Å². The van der Waals surface area contributed by atoms with E-state index in [2.05, 4.69) is 10.3 Å². The molecule has 0 aliphatic carbocycles. The van der Waals surface area contributed by atoms with Gasteiger partial charge in [0.05, 0.1) is 24.2 Å². The molecule has 0 spiro atoms. The van der Waals surface area contributed by atoms with Crippen LogP contribution in [0.15, 0.2) is 53.3 Å². The summed E-state index contributed by atoms with van der Waals surface area (Å²) in [5.41, 5.74) is 2.16. The number of fused-ring (bicyclic) bond motifs is 1. The fourth-order valence-corrected chi connectivity index (χ4v) is 3.71. The highest BCUT2D eigenvalue weighted by atomic mass is 16.5. The van der Waals surface area contributed by atoms with Crippen LogP contribution in [0.2, 0.25) is 0 Å². The molecular weight excluding hydrogens is 344 g/mol. The van der Waals surface area contributed by atoms with Crippen LogP contribution in [0.5, 0.6) is 5.75 Å². The fraction of sp³-hybridized carbons (Fsp3) is 0.300. The van der Waals surface area contributed by atoms with Gasteiger partial charge in [0.15, 0.2) is 0 Å². The number of carbonyl (C=O) groups is 1. The molecule has 2 N–H and O–H groups in total. The van der Waals surface area contributed by atoms with Crippen LogP contribution in [-0.2, 0) is 11.3 Å². The second-order valence-corrected chi connectivity index (χ2v) is 6.58. The lowest BCUT2D eigenvalue weighted by Crippen LogP contribution is -2.50. The zero-order valence-corrected chi connectivity index (χ0v) is 15.1. The quantitative estimate of drug-likeness (QED) is 0.734. The number of piperazine rings is 1. The average molecular weight is 366 g/mol. The molecule has 2 heterocycles. The molecule has 2 aromatic carbocycles. The Morgan fingerprint density at radius 2 is 1.96 bits per heavy atom. The molecule has 7 heteroatoms. The number of para-hydroxylation sites is 3. The fourth-order valence-electron chi connectivity index (χ4n) is 3.71. The molecule has 0 radical (unpaired) electrons. The zero-order valence-electron chi connectivity index (χ0n) is 15.1. The molecule has 1 unspecified atom stereocenters. The number of hydrogen-bond donors (Lipinski definition) is 2. The molecular formula is C20H22N4O3. The smallest absolute Gasteiger partial charge is 0.326 e. The third kappa shape index (κ3) is 3.21. The number of aromatic nitrogens is 2. The van der Waals surface area contributed by atoms with E-state index in [0.717, 1.165) is 28.9 Å². The number of nitrogens with one attached hydrogen (secondary N) is 2. The summed E-state index contributed by atoms with van der Waals surface area (Å²) < 4.78 is 6.98. The Hall–Kier alpha value is -3.06. The van der Waals surface area contributed by atoms with Crippen LogP contribution in [0.25, 0.3) is 11.0 Å². The molecule has 0 saturated carbocycles. The highest BCUT2D eigenvalue weighted by molar-refractivity contribution is 5.81. The predicted molar refractivity (Wildman–Crippen MR) is 103 cm³/mol. The lowest BCUT2D eigenvalue weighted by Gasteiger charge is -2.37. The molecule has 3 aromatic rings. The number of imidazole rings is 1. The third-order valence-electron chi connectivity index (χ3n) is 5.04. The first-order chi connectivity index (χ1) is 13.2. The summed E-state index contributed by atoms with van der Waals surface area (Å²) in [4.78, 5) is 30.1. The molecule has 1 aromatic heterocycles. The average Bonchev–Trinajstić information content (AvgIpc) is 3.03. The molecule has 4 rings (SSSR count). The molecule has 1 amide bonds. The van der Waals surface area contributed by atoms with Crippen molar-refractivity contribution >= 4 is 16.9 Å². The van der Waals surface area contributed by atoms with Gasteiger partial charge in [-0.25, -0.2) is 4.79 Å². The first-order valence-electron chi connectivity index (χ1n) is 8.99. The molecule has 140 valence electrons. The van der Waals surface area contributed by atoms with Crippen LogP contribution in [0.3, 0.4) is 0 Å². The SMILES string of the molecule is COc1ccccc1C1CNCCN1C(=O)Cn1c(=O)[nH]c2ccccc21. The number of H-pyrrole nitrogens is 1. The van der Waals surface area contributed by atoms with Gasteiger partial charge in [-0.2, -0.15) is 0 Å². The van der Waals surface area contributed by atoms with Gasteiger partial charge in [-0.3, -0.25) is 9.36 Å². The second kappa shape index (κ2) is 7.28. The van der Waals surface area contributed by atoms with Gasteiger partial charge in [-0.05, 0) is 18.2 Å². The Morgan fingerprint density at radius 1 is 1.19 bits per heavy atom. The van der Waals surface area contributed by atoms with Gasteiger partial charge in [0, 0.05) is 25.2 Å². The Labute approximate surface area is 156 Å². The van der Waals surface area contributed by atoms with Gasteiger partial charge in [-0.1, -0.05) is 30.3 Å². The monoisotopic (exact) mass is 366 g/mol. The maximum absolute atomic E-state index is 13.1. The van der Waals surface area contributed by atoms with E-state index in [1.165, 1.54) is 4.57 Å². The summed E-state index contributed by atoms with van der Waals surface area (Å²) in [6, 6.07) is 15.0. The van der Waals surface area contributed by atoms with Crippen molar-refractivity contribution in [1.82, 2.24) is 19.8 Å². The Kier molecular flexibility index (Phi) is 4.68. The highest BCUT2D eigenvalue weighted by Gasteiger charge is 2.30. The first-order valence-corrected chi connectivity index (χ1v) is 8.99. The minimum Gasteiger partial charge on any atom is -0.496 e. The van der Waals surface area contributed by atoms with E-state index in [-0.39, 0.29) is 24.2 Å². The lowest BCUT2D eigenvalue weighted by molar-refractivity contribution is -0.135. The minimum absolute atomic E-state index is 0.00843. The van der Waals surface area contributed by atoms with Gasteiger partial charge in [0.1, 0.15) is 12.3 Å². The number of carbonyl (C=O) groups excluding carboxylic acids is 1. The molecule has 27 heavy (non-hydrogen) atoms.